The highest BCUT2D eigenvalue weighted by atomic mass is 32.2. The van der Waals surface area contributed by atoms with Gasteiger partial charge in [0.15, 0.2) is 0 Å². The minimum atomic E-state index is -0.489. The van der Waals surface area contributed by atoms with Gasteiger partial charge in [-0.1, -0.05) is 31.7 Å². The van der Waals surface area contributed by atoms with Crippen LogP contribution in [0.3, 0.4) is 0 Å². The number of hydrogen-bond donors (Lipinski definition) is 4. The summed E-state index contributed by atoms with van der Waals surface area (Å²) in [4.78, 5) is 12.7. The Kier molecular flexibility index (Phi) is 6.75. The van der Waals surface area contributed by atoms with E-state index in [0.717, 1.165) is 9.79 Å². The maximum atomic E-state index is 11.1. The Hall–Kier alpha value is -2.18. The van der Waals surface area contributed by atoms with Crippen molar-refractivity contribution in [1.82, 2.24) is 0 Å². The van der Waals surface area contributed by atoms with E-state index in [-0.39, 0.29) is 5.75 Å². The lowest BCUT2D eigenvalue weighted by molar-refractivity contribution is 0.1000. The zero-order chi connectivity index (χ0) is 16.7. The Morgan fingerprint density at radius 2 is 1.86 bits per heavy atom. The number of hydrogen-bond acceptors (Lipinski definition) is 5. The lowest BCUT2D eigenvalue weighted by Gasteiger charge is -2.10. The molecule has 22 heavy (non-hydrogen) atoms. The average Bonchev–Trinajstić information content (AvgIpc) is 2.53. The normalized spacial score (nSPS) is 9.64. The summed E-state index contributed by atoms with van der Waals surface area (Å²) >= 11 is 1.35. The zero-order valence-corrected chi connectivity index (χ0v) is 13.6. The highest BCUT2D eigenvalue weighted by Gasteiger charge is 2.08. The van der Waals surface area contributed by atoms with Crippen LogP contribution < -0.4 is 11.2 Å². The smallest absolute Gasteiger partial charge is 0.248 e. The van der Waals surface area contributed by atoms with Crippen LogP contribution in [0.25, 0.3) is 0 Å². The number of nitrogens with one attached hydrogen (secondary N) is 1. The number of primary amides is 1. The van der Waals surface area contributed by atoms with Crippen LogP contribution in [0, 0.1) is 6.92 Å². The third kappa shape index (κ3) is 4.41. The minimum Gasteiger partial charge on any atom is -0.508 e. The molecule has 5 nitrogen and oxygen atoms in total. The number of amides is 1. The van der Waals surface area contributed by atoms with E-state index >= 15 is 0 Å². The largest absolute Gasteiger partial charge is 0.508 e. The number of benzene rings is 2. The Morgan fingerprint density at radius 1 is 1.18 bits per heavy atom. The van der Waals surface area contributed by atoms with Crippen LogP contribution in [0.4, 0.5) is 5.69 Å². The summed E-state index contributed by atoms with van der Waals surface area (Å²) in [5.41, 5.74) is 8.69. The zero-order valence-electron chi connectivity index (χ0n) is 12.8. The Morgan fingerprint density at radius 3 is 2.45 bits per heavy atom. The second-order valence-corrected chi connectivity index (χ2v) is 5.37. The van der Waals surface area contributed by atoms with Gasteiger partial charge in [-0.2, -0.15) is 0 Å². The van der Waals surface area contributed by atoms with Crippen LogP contribution in [0.15, 0.2) is 46.2 Å². The van der Waals surface area contributed by atoms with Crippen molar-refractivity contribution < 1.29 is 15.1 Å². The van der Waals surface area contributed by atoms with Crippen molar-refractivity contribution in [2.45, 2.75) is 30.6 Å². The van der Waals surface area contributed by atoms with E-state index in [1.807, 2.05) is 25.4 Å². The van der Waals surface area contributed by atoms with Gasteiger partial charge in [-0.3, -0.25) is 15.5 Å². The van der Waals surface area contributed by atoms with E-state index in [2.05, 4.69) is 0 Å². The molecule has 0 aromatic heterocycles. The second-order valence-electron chi connectivity index (χ2n) is 4.22. The number of carbonyl (C=O) groups is 1. The van der Waals surface area contributed by atoms with Crippen LogP contribution in [-0.4, -0.2) is 16.2 Å². The van der Waals surface area contributed by atoms with E-state index in [4.69, 9.17) is 10.9 Å². The molecular weight excluding hydrogens is 300 g/mol. The van der Waals surface area contributed by atoms with E-state index in [1.165, 1.54) is 11.8 Å². The fourth-order valence-electron chi connectivity index (χ4n) is 1.70. The van der Waals surface area contributed by atoms with E-state index < -0.39 is 5.91 Å². The molecule has 1 amide bonds. The molecule has 5 N–H and O–H groups in total. The summed E-state index contributed by atoms with van der Waals surface area (Å²) in [5.74, 6) is -0.408. The maximum absolute atomic E-state index is 11.1. The van der Waals surface area contributed by atoms with Crippen molar-refractivity contribution in [2.24, 2.45) is 5.73 Å². The number of phenols is 1. The van der Waals surface area contributed by atoms with Gasteiger partial charge in [-0.15, -0.1) is 0 Å². The third-order valence-electron chi connectivity index (χ3n) is 2.83. The first-order chi connectivity index (χ1) is 10.5. The Labute approximate surface area is 134 Å². The molecule has 0 bridgehead atoms. The predicted molar refractivity (Wildman–Crippen MR) is 88.7 cm³/mol. The van der Waals surface area contributed by atoms with Crippen LogP contribution in [0.2, 0.25) is 0 Å². The number of carbonyl (C=O) groups excluding carboxylic acids is 1. The summed E-state index contributed by atoms with van der Waals surface area (Å²) in [7, 11) is 0. The van der Waals surface area contributed by atoms with Crippen LogP contribution in [0.5, 0.6) is 5.75 Å². The number of phenolic OH excluding ortho intramolecular Hbond substituents is 1. The molecule has 0 radical (unpaired) electrons. The number of nitrogens with two attached hydrogens (primary N) is 1. The third-order valence-corrected chi connectivity index (χ3v) is 3.79. The molecule has 0 spiro atoms. The van der Waals surface area contributed by atoms with Gasteiger partial charge in [0.2, 0.25) is 5.91 Å². The quantitative estimate of drug-likeness (QED) is 0.643. The van der Waals surface area contributed by atoms with Crippen molar-refractivity contribution in [2.75, 3.05) is 5.48 Å². The molecule has 6 heteroatoms. The van der Waals surface area contributed by atoms with Crippen LogP contribution in [0.1, 0.15) is 29.8 Å². The first kappa shape index (κ1) is 17.9. The molecule has 2 rings (SSSR count). The lowest BCUT2D eigenvalue weighted by Crippen LogP contribution is -2.10. The van der Waals surface area contributed by atoms with Gasteiger partial charge in [-0.25, -0.2) is 0 Å². The number of aromatic hydroxyl groups is 1. The van der Waals surface area contributed by atoms with E-state index in [0.29, 0.717) is 16.8 Å². The fourth-order valence-corrected chi connectivity index (χ4v) is 2.65. The Balaban J connectivity index is 0.00000116. The van der Waals surface area contributed by atoms with Crippen molar-refractivity contribution in [3.8, 4) is 5.75 Å². The SMILES string of the molecule is CC.Cc1c(O)cc(Sc2cccc(C(N)=O)c2)cc1NO. The van der Waals surface area contributed by atoms with Gasteiger partial charge in [-0.05, 0) is 37.3 Å². The molecule has 2 aromatic rings. The molecule has 0 aliphatic heterocycles. The van der Waals surface area contributed by atoms with Gasteiger partial charge in [0.05, 0.1) is 5.69 Å². The molecule has 0 atom stereocenters. The summed E-state index contributed by atoms with van der Waals surface area (Å²) in [6, 6.07) is 10.2. The number of anilines is 1. The first-order valence-electron chi connectivity index (χ1n) is 6.82. The molecule has 0 fully saturated rings. The molecule has 0 unspecified atom stereocenters. The summed E-state index contributed by atoms with van der Waals surface area (Å²) < 4.78 is 0. The molecule has 0 saturated heterocycles. The molecule has 2 aromatic carbocycles. The molecular formula is C16H20N2O3S. The fraction of sp³-hybridized carbons (Fsp3) is 0.188. The monoisotopic (exact) mass is 320 g/mol. The lowest BCUT2D eigenvalue weighted by atomic mass is 10.2. The molecule has 118 valence electrons. The van der Waals surface area contributed by atoms with E-state index in [9.17, 15) is 9.90 Å². The van der Waals surface area contributed by atoms with Crippen LogP contribution in [-0.2, 0) is 0 Å². The topological polar surface area (TPSA) is 95.6 Å². The second kappa shape index (κ2) is 8.31. The maximum Gasteiger partial charge on any atom is 0.248 e. The Bertz CT molecular complexity index is 660. The summed E-state index contributed by atoms with van der Waals surface area (Å²) in [5, 5.41) is 18.8. The van der Waals surface area contributed by atoms with Crippen LogP contribution >= 0.6 is 11.8 Å². The highest BCUT2D eigenvalue weighted by Crippen LogP contribution is 2.35. The molecule has 0 aliphatic rings. The van der Waals surface area contributed by atoms with E-state index in [1.54, 1.807) is 37.3 Å². The predicted octanol–water partition coefficient (Wildman–Crippen LogP) is 3.78. The molecule has 0 aliphatic carbocycles. The van der Waals surface area contributed by atoms with Gasteiger partial charge in [0.25, 0.3) is 0 Å². The first-order valence-corrected chi connectivity index (χ1v) is 7.64. The summed E-state index contributed by atoms with van der Waals surface area (Å²) in [6.45, 7) is 5.69. The van der Waals surface area contributed by atoms with Gasteiger partial charge in [0, 0.05) is 20.9 Å². The highest BCUT2D eigenvalue weighted by molar-refractivity contribution is 7.99. The van der Waals surface area contributed by atoms with Crippen molar-refractivity contribution in [3.63, 3.8) is 0 Å². The van der Waals surface area contributed by atoms with Crippen molar-refractivity contribution in [1.29, 1.82) is 0 Å². The molecule has 0 heterocycles. The minimum absolute atomic E-state index is 0.0811. The van der Waals surface area contributed by atoms with Crippen molar-refractivity contribution in [3.05, 3.63) is 47.5 Å². The summed E-state index contributed by atoms with van der Waals surface area (Å²) in [6.07, 6.45) is 0. The van der Waals surface area contributed by atoms with Gasteiger partial charge >= 0.3 is 0 Å². The van der Waals surface area contributed by atoms with Gasteiger partial charge in [0.1, 0.15) is 5.75 Å². The van der Waals surface area contributed by atoms with Crippen molar-refractivity contribution >= 4 is 23.4 Å². The number of rotatable bonds is 4. The average molecular weight is 320 g/mol. The standard InChI is InChI=1S/C14H14N2O3S.C2H6/c1-8-12(16-19)6-11(7-13(8)17)20-10-4-2-3-9(5-10)14(15)18;1-2/h2-7,16-17,19H,1H3,(H2,15,18);1-2H3. The van der Waals surface area contributed by atoms with Gasteiger partial charge < -0.3 is 10.8 Å². The molecule has 0 saturated carbocycles.